The molecule has 3 nitrogen and oxygen atoms in total. The quantitative estimate of drug-likeness (QED) is 0.194. The van der Waals surface area contributed by atoms with Crippen LogP contribution in [-0.4, -0.2) is 28.2 Å². The molecule has 2 atom stereocenters. The second kappa shape index (κ2) is 10.8. The molecule has 0 N–H and O–H groups in total. The van der Waals surface area contributed by atoms with Crippen molar-refractivity contribution in [2.24, 2.45) is 0 Å². The molecule has 0 saturated heterocycles. The Labute approximate surface area is 266 Å². The molecule has 0 fully saturated rings. The summed E-state index contributed by atoms with van der Waals surface area (Å²) in [4.78, 5) is 4.31. The monoisotopic (exact) mass is 584 g/mol. The van der Waals surface area contributed by atoms with E-state index in [1.54, 1.807) is 0 Å². The first-order chi connectivity index (χ1) is 22.0. The van der Waals surface area contributed by atoms with Gasteiger partial charge >= 0.3 is 0 Å². The number of hydrogen-bond acceptors (Lipinski definition) is 3. The first-order valence-electron chi connectivity index (χ1n) is 15.7. The molecule has 8 rings (SSSR count). The first kappa shape index (κ1) is 27.4. The number of benzene rings is 6. The number of hydrogen-bond donors (Lipinski definition) is 0. The van der Waals surface area contributed by atoms with Crippen molar-refractivity contribution in [2.45, 2.75) is 12.2 Å². The van der Waals surface area contributed by atoms with Crippen LogP contribution in [-0.2, 0) is 4.74 Å². The fourth-order valence-electron chi connectivity index (χ4n) is 7.29. The molecule has 0 spiro atoms. The van der Waals surface area contributed by atoms with Crippen LogP contribution in [0.5, 0.6) is 0 Å². The van der Waals surface area contributed by atoms with Gasteiger partial charge in [-0.05, 0) is 79.9 Å². The van der Waals surface area contributed by atoms with Crippen LogP contribution < -0.4 is 9.80 Å². The maximum absolute atomic E-state index is 7.01. The number of nitrogens with zero attached hydrogens (tertiary/aromatic N) is 2. The van der Waals surface area contributed by atoms with E-state index in [1.807, 2.05) is 0 Å². The molecule has 0 saturated carbocycles. The van der Waals surface area contributed by atoms with E-state index in [-0.39, 0.29) is 12.2 Å². The van der Waals surface area contributed by atoms with Crippen LogP contribution in [0.3, 0.4) is 0 Å². The Morgan fingerprint density at radius 2 is 0.711 bits per heavy atom. The summed E-state index contributed by atoms with van der Waals surface area (Å²) < 4.78 is 7.01. The van der Waals surface area contributed by atoms with E-state index in [0.717, 1.165) is 0 Å². The SMILES string of the molecule is CN(C)c1ccc(-c2c(-c3ccc(N(C)C)cc3)c(-c3ccccc3)c3c(c2-c2ccccc2)C2OC3c3ccccc32)cc1. The summed E-state index contributed by atoms with van der Waals surface area (Å²) in [6, 6.07) is 48.7. The number of fused-ring (bicyclic) bond motifs is 8. The lowest BCUT2D eigenvalue weighted by Gasteiger charge is -2.29. The van der Waals surface area contributed by atoms with Crippen molar-refractivity contribution >= 4 is 11.4 Å². The van der Waals surface area contributed by atoms with Gasteiger partial charge in [-0.2, -0.15) is 0 Å². The summed E-state index contributed by atoms with van der Waals surface area (Å²) in [7, 11) is 8.38. The Balaban J connectivity index is 1.56. The highest BCUT2D eigenvalue weighted by Crippen LogP contribution is 2.63. The van der Waals surface area contributed by atoms with Gasteiger partial charge in [0.05, 0.1) is 0 Å². The Morgan fingerprint density at radius 1 is 0.378 bits per heavy atom. The predicted molar refractivity (Wildman–Crippen MR) is 188 cm³/mol. The molecule has 0 aromatic heterocycles. The van der Waals surface area contributed by atoms with Crippen molar-refractivity contribution in [1.29, 1.82) is 0 Å². The van der Waals surface area contributed by atoms with Gasteiger partial charge in [0, 0.05) is 50.7 Å². The molecule has 2 bridgehead atoms. The highest BCUT2D eigenvalue weighted by atomic mass is 16.5. The molecule has 0 radical (unpaired) electrons. The number of rotatable bonds is 6. The fourth-order valence-corrected chi connectivity index (χ4v) is 7.29. The Morgan fingerprint density at radius 3 is 1.07 bits per heavy atom. The third kappa shape index (κ3) is 4.38. The van der Waals surface area contributed by atoms with Gasteiger partial charge in [0.2, 0.25) is 0 Å². The van der Waals surface area contributed by atoms with E-state index in [1.165, 1.54) is 78.1 Å². The second-order valence-corrected chi connectivity index (χ2v) is 12.5. The molecule has 2 unspecified atom stereocenters. The second-order valence-electron chi connectivity index (χ2n) is 12.5. The van der Waals surface area contributed by atoms with Crippen LogP contribution in [0.4, 0.5) is 11.4 Å². The van der Waals surface area contributed by atoms with E-state index >= 15 is 0 Å². The lowest BCUT2D eigenvalue weighted by Crippen LogP contribution is -2.11. The summed E-state index contributed by atoms with van der Waals surface area (Å²) in [6.07, 6.45) is -0.243. The molecule has 0 aliphatic carbocycles. The van der Waals surface area contributed by atoms with Gasteiger partial charge in [-0.25, -0.2) is 0 Å². The van der Waals surface area contributed by atoms with Crippen LogP contribution in [0.2, 0.25) is 0 Å². The van der Waals surface area contributed by atoms with Crippen LogP contribution >= 0.6 is 0 Å². The van der Waals surface area contributed by atoms with Gasteiger partial charge in [0.25, 0.3) is 0 Å². The molecule has 2 heterocycles. The molecule has 6 aromatic rings. The first-order valence-corrected chi connectivity index (χ1v) is 15.7. The lowest BCUT2D eigenvalue weighted by atomic mass is 9.72. The zero-order chi connectivity index (χ0) is 30.7. The summed E-state index contributed by atoms with van der Waals surface area (Å²) >= 11 is 0. The van der Waals surface area contributed by atoms with E-state index in [0.29, 0.717) is 0 Å². The summed E-state index contributed by atoms with van der Waals surface area (Å²) in [6.45, 7) is 0. The van der Waals surface area contributed by atoms with Gasteiger partial charge in [0.15, 0.2) is 0 Å². The van der Waals surface area contributed by atoms with Gasteiger partial charge in [-0.3, -0.25) is 0 Å². The maximum Gasteiger partial charge on any atom is 0.110 e. The van der Waals surface area contributed by atoms with Crippen molar-refractivity contribution in [1.82, 2.24) is 0 Å². The molecule has 6 aromatic carbocycles. The summed E-state index contributed by atoms with van der Waals surface area (Å²) in [5.41, 5.74) is 17.3. The van der Waals surface area contributed by atoms with E-state index in [2.05, 4.69) is 171 Å². The molecule has 0 amide bonds. The zero-order valence-electron chi connectivity index (χ0n) is 26.2. The summed E-state index contributed by atoms with van der Waals surface area (Å²) in [5, 5.41) is 0. The molecular formula is C42H36N2O. The van der Waals surface area contributed by atoms with Crippen molar-refractivity contribution in [3.05, 3.63) is 156 Å². The number of ether oxygens (including phenoxy) is 1. The molecule has 3 heteroatoms. The number of anilines is 2. The fraction of sp³-hybridized carbons (Fsp3) is 0.143. The van der Waals surface area contributed by atoms with Crippen LogP contribution in [0.25, 0.3) is 44.5 Å². The normalized spacial score (nSPS) is 15.9. The highest BCUT2D eigenvalue weighted by Gasteiger charge is 2.47. The minimum atomic E-state index is -0.121. The van der Waals surface area contributed by atoms with Crippen LogP contribution in [0.15, 0.2) is 133 Å². The highest BCUT2D eigenvalue weighted by molar-refractivity contribution is 6.06. The van der Waals surface area contributed by atoms with Gasteiger partial charge in [0.1, 0.15) is 12.2 Å². The Hall–Kier alpha value is -5.12. The van der Waals surface area contributed by atoms with Crippen LogP contribution in [0, 0.1) is 0 Å². The average Bonchev–Trinajstić information content (AvgIpc) is 3.66. The third-order valence-electron chi connectivity index (χ3n) is 9.41. The molecule has 45 heavy (non-hydrogen) atoms. The Bertz CT molecular complexity index is 1860. The average molecular weight is 585 g/mol. The molecular weight excluding hydrogens is 548 g/mol. The van der Waals surface area contributed by atoms with Crippen LogP contribution in [0.1, 0.15) is 34.5 Å². The van der Waals surface area contributed by atoms with Gasteiger partial charge in [-0.1, -0.05) is 109 Å². The largest absolute Gasteiger partial charge is 0.378 e. The standard InChI is InChI=1S/C42H36N2O/c1-43(2)31-23-19-29(20-24-31)35-36(30-21-25-32(26-22-30)44(3)4)38(28-15-9-6-10-16-28)40-39(37(35)27-13-7-5-8-14-27)41-33-17-11-12-18-34(33)42(40)45-41/h5-26,41-42H,1-4H3. The van der Waals surface area contributed by atoms with Crippen molar-refractivity contribution in [3.8, 4) is 44.5 Å². The van der Waals surface area contributed by atoms with Gasteiger partial charge < -0.3 is 14.5 Å². The summed E-state index contributed by atoms with van der Waals surface area (Å²) in [5.74, 6) is 0. The minimum absolute atomic E-state index is 0.121. The predicted octanol–water partition coefficient (Wildman–Crippen LogP) is 10.0. The van der Waals surface area contributed by atoms with Crippen molar-refractivity contribution < 1.29 is 4.74 Å². The lowest BCUT2D eigenvalue weighted by molar-refractivity contribution is 0.0861. The third-order valence-corrected chi connectivity index (χ3v) is 9.41. The van der Waals surface area contributed by atoms with E-state index in [9.17, 15) is 0 Å². The van der Waals surface area contributed by atoms with Crippen molar-refractivity contribution in [2.75, 3.05) is 38.0 Å². The van der Waals surface area contributed by atoms with E-state index in [4.69, 9.17) is 4.74 Å². The smallest absolute Gasteiger partial charge is 0.110 e. The van der Waals surface area contributed by atoms with Crippen molar-refractivity contribution in [3.63, 3.8) is 0 Å². The minimum Gasteiger partial charge on any atom is -0.378 e. The topological polar surface area (TPSA) is 15.7 Å². The maximum atomic E-state index is 7.01. The molecule has 2 aliphatic rings. The Kier molecular flexibility index (Phi) is 6.58. The molecule has 220 valence electrons. The van der Waals surface area contributed by atoms with Gasteiger partial charge in [-0.15, -0.1) is 0 Å². The molecule has 2 aliphatic heterocycles. The zero-order valence-corrected chi connectivity index (χ0v) is 26.2. The van der Waals surface area contributed by atoms with E-state index < -0.39 is 0 Å².